The van der Waals surface area contributed by atoms with E-state index in [0.29, 0.717) is 0 Å². The van der Waals surface area contributed by atoms with Gasteiger partial charge in [-0.1, -0.05) is 78.4 Å². The van der Waals surface area contributed by atoms with Crippen molar-refractivity contribution in [3.05, 3.63) is 90.5 Å². The van der Waals surface area contributed by atoms with E-state index in [2.05, 4.69) is 54.6 Å². The summed E-state index contributed by atoms with van der Waals surface area (Å²) >= 11 is 6.54. The van der Waals surface area contributed by atoms with Crippen LogP contribution in [0.1, 0.15) is 12.0 Å². The Labute approximate surface area is 149 Å². The van der Waals surface area contributed by atoms with E-state index in [1.807, 2.05) is 36.4 Å². The van der Waals surface area contributed by atoms with Crippen LogP contribution in [0.15, 0.2) is 78.9 Å². The van der Waals surface area contributed by atoms with Crippen LogP contribution >= 0.6 is 11.6 Å². The quantitative estimate of drug-likeness (QED) is 0.464. The van der Waals surface area contributed by atoms with E-state index in [0.717, 1.165) is 12.0 Å². The Hall–Kier alpha value is -1.45. The smallest absolute Gasteiger partial charge is 0.248 e. The Bertz CT molecular complexity index is 701. The van der Waals surface area contributed by atoms with E-state index in [4.69, 9.17) is 11.6 Å². The summed E-state index contributed by atoms with van der Waals surface area (Å²) in [6, 6.07) is 18.7. The Morgan fingerprint density at radius 3 is 2.41 bits per heavy atom. The summed E-state index contributed by atoms with van der Waals surface area (Å²) < 4.78 is 0. The van der Waals surface area contributed by atoms with Crippen LogP contribution in [0, 0.1) is 6.08 Å². The molecule has 104 valence electrons. The molecule has 1 aliphatic carbocycles. The van der Waals surface area contributed by atoms with Crippen LogP contribution in [0.5, 0.6) is 0 Å². The summed E-state index contributed by atoms with van der Waals surface area (Å²) in [7, 11) is 0. The number of hydrogen-bond donors (Lipinski definition) is 0. The first kappa shape index (κ1) is 16.9. The zero-order valence-corrected chi connectivity index (χ0v) is 13.4. The average Bonchev–Trinajstić information content (AvgIpc) is 2.55. The van der Waals surface area contributed by atoms with Gasteiger partial charge in [-0.05, 0) is 12.0 Å². The maximum Gasteiger partial charge on any atom is 1.00 e. The van der Waals surface area contributed by atoms with Crippen LogP contribution in [0.2, 0.25) is 0 Å². The fourth-order valence-corrected chi connectivity index (χ4v) is 2.62. The van der Waals surface area contributed by atoms with Gasteiger partial charge in [0.1, 0.15) is 0 Å². The van der Waals surface area contributed by atoms with Crippen molar-refractivity contribution in [3.8, 4) is 11.1 Å². The van der Waals surface area contributed by atoms with Crippen LogP contribution in [0.3, 0.4) is 0 Å². The Morgan fingerprint density at radius 1 is 0.955 bits per heavy atom. The van der Waals surface area contributed by atoms with Gasteiger partial charge >= 0.3 is 18.9 Å². The second-order valence-electron chi connectivity index (χ2n) is 5.10. The normalized spacial score (nSPS) is 20.0. The number of alkyl halides is 1. The third-order valence-corrected chi connectivity index (χ3v) is 3.93. The van der Waals surface area contributed by atoms with Crippen LogP contribution < -0.4 is 18.9 Å². The maximum atomic E-state index is 6.54. The molecule has 0 bridgehead atoms. The largest absolute Gasteiger partial charge is 1.00 e. The van der Waals surface area contributed by atoms with Gasteiger partial charge in [-0.25, -0.2) is 12.2 Å². The number of benzene rings is 2. The molecule has 0 fully saturated rings. The molecular formula is C20H16ClLi. The molecule has 0 radical (unpaired) electrons. The molecule has 0 spiro atoms. The molecule has 2 aromatic rings. The molecule has 0 saturated carbocycles. The molecule has 0 saturated heterocycles. The maximum absolute atomic E-state index is 6.54. The van der Waals surface area contributed by atoms with Crippen molar-refractivity contribution in [2.75, 3.05) is 0 Å². The molecule has 1 unspecified atom stereocenters. The first-order chi connectivity index (χ1) is 10.3. The van der Waals surface area contributed by atoms with Gasteiger partial charge in [-0.15, -0.1) is 17.7 Å². The first-order valence-corrected chi connectivity index (χ1v) is 7.43. The molecule has 3 rings (SSSR count). The summed E-state index contributed by atoms with van der Waals surface area (Å²) in [5, 5.41) is 0. The van der Waals surface area contributed by atoms with E-state index >= 15 is 0 Å². The molecule has 2 heteroatoms. The zero-order valence-electron chi connectivity index (χ0n) is 12.7. The molecule has 0 nitrogen and oxygen atoms in total. The number of rotatable bonds is 3. The third kappa shape index (κ3) is 4.05. The Balaban J connectivity index is 0.00000176. The molecule has 2 aromatic carbocycles. The van der Waals surface area contributed by atoms with Crippen molar-refractivity contribution in [1.82, 2.24) is 0 Å². The van der Waals surface area contributed by atoms with E-state index in [1.165, 1.54) is 11.1 Å². The van der Waals surface area contributed by atoms with Crippen molar-refractivity contribution in [1.29, 1.82) is 0 Å². The van der Waals surface area contributed by atoms with Gasteiger partial charge in [0.2, 0.25) is 0 Å². The number of hydrogen-bond acceptors (Lipinski definition) is 0. The van der Waals surface area contributed by atoms with Gasteiger partial charge in [-0.2, -0.15) is 5.56 Å². The topological polar surface area (TPSA) is 0 Å². The molecule has 0 N–H and O–H groups in total. The predicted octanol–water partition coefficient (Wildman–Crippen LogP) is 2.67. The van der Waals surface area contributed by atoms with Crippen molar-refractivity contribution >= 4 is 17.7 Å². The third-order valence-electron chi connectivity index (χ3n) is 3.54. The van der Waals surface area contributed by atoms with E-state index < -0.39 is 4.87 Å². The number of allylic oxidation sites excluding steroid dienone is 5. The standard InChI is InChI=1S/C20H16Cl.Li/c21-20(14-7-2-8-15-20)16-13-18-11-5-6-12-19(18)17-9-3-1-4-10-17;/h1-14H,15H2;/q-1;+1. The minimum Gasteiger partial charge on any atom is -0.248 e. The minimum atomic E-state index is -0.529. The van der Waals surface area contributed by atoms with Crippen molar-refractivity contribution in [2.45, 2.75) is 11.3 Å². The molecule has 22 heavy (non-hydrogen) atoms. The molecule has 0 amide bonds. The summed E-state index contributed by atoms with van der Waals surface area (Å²) in [5.41, 5.74) is 3.53. The first-order valence-electron chi connectivity index (χ1n) is 7.05. The van der Waals surface area contributed by atoms with Gasteiger partial charge in [0.15, 0.2) is 0 Å². The fourth-order valence-electron chi connectivity index (χ4n) is 2.40. The Morgan fingerprint density at radius 2 is 1.68 bits per heavy atom. The number of halogens is 1. The zero-order chi connectivity index (χ0) is 14.5. The second kappa shape index (κ2) is 7.70. The molecule has 1 aliphatic rings. The van der Waals surface area contributed by atoms with Crippen molar-refractivity contribution in [3.63, 3.8) is 0 Å². The minimum absolute atomic E-state index is 0. The molecule has 0 aliphatic heterocycles. The van der Waals surface area contributed by atoms with Crippen molar-refractivity contribution < 1.29 is 18.9 Å². The average molecular weight is 299 g/mol. The van der Waals surface area contributed by atoms with Gasteiger partial charge in [0, 0.05) is 4.87 Å². The molecule has 1 atom stereocenters. The summed E-state index contributed by atoms with van der Waals surface area (Å²) in [6.45, 7) is 0. The Kier molecular flexibility index (Phi) is 5.92. The summed E-state index contributed by atoms with van der Waals surface area (Å²) in [4.78, 5) is -0.529. The van der Waals surface area contributed by atoms with Crippen molar-refractivity contribution in [2.24, 2.45) is 0 Å². The van der Waals surface area contributed by atoms with Crippen LogP contribution in [-0.4, -0.2) is 4.87 Å². The molecule has 0 heterocycles. The van der Waals surface area contributed by atoms with Gasteiger partial charge < -0.3 is 0 Å². The predicted molar refractivity (Wildman–Crippen MR) is 91.1 cm³/mol. The van der Waals surface area contributed by atoms with Gasteiger partial charge in [0.25, 0.3) is 0 Å². The van der Waals surface area contributed by atoms with Crippen LogP contribution in [-0.2, 0) is 0 Å². The van der Waals surface area contributed by atoms with Gasteiger partial charge in [0.05, 0.1) is 0 Å². The van der Waals surface area contributed by atoms with E-state index in [-0.39, 0.29) is 18.9 Å². The molecule has 0 aromatic heterocycles. The summed E-state index contributed by atoms with van der Waals surface area (Å²) in [5.74, 6) is 0. The van der Waals surface area contributed by atoms with E-state index in [9.17, 15) is 0 Å². The van der Waals surface area contributed by atoms with Gasteiger partial charge in [-0.3, -0.25) is 0 Å². The fraction of sp³-hybridized carbons (Fsp3) is 0.100. The van der Waals surface area contributed by atoms with Crippen LogP contribution in [0.25, 0.3) is 17.2 Å². The summed E-state index contributed by atoms with van der Waals surface area (Å²) in [6.07, 6.45) is 14.1. The van der Waals surface area contributed by atoms with Crippen LogP contribution in [0.4, 0.5) is 0 Å². The SMILES string of the molecule is ClC1([C-]=Cc2ccccc2-c2ccccc2)C=CC=CC1.[Li+]. The second-order valence-corrected chi connectivity index (χ2v) is 5.77. The molecular weight excluding hydrogens is 283 g/mol. The monoisotopic (exact) mass is 298 g/mol. The van der Waals surface area contributed by atoms with E-state index in [1.54, 1.807) is 0 Å².